The minimum atomic E-state index is -0.0345. The minimum Gasteiger partial charge on any atom is -0.404 e. The van der Waals surface area contributed by atoms with Crippen molar-refractivity contribution < 1.29 is 9.31 Å². The van der Waals surface area contributed by atoms with Crippen molar-refractivity contribution in [2.24, 2.45) is 17.3 Å². The van der Waals surface area contributed by atoms with Gasteiger partial charge in [-0.1, -0.05) is 13.8 Å². The number of rotatable bonds is 1. The zero-order valence-corrected chi connectivity index (χ0v) is 11.7. The van der Waals surface area contributed by atoms with Crippen molar-refractivity contribution >= 4 is 7.12 Å². The molecule has 4 heteroatoms. The molecule has 5 fully saturated rings. The summed E-state index contributed by atoms with van der Waals surface area (Å²) in [5.74, 6) is 1.95. The van der Waals surface area contributed by atoms with Crippen molar-refractivity contribution in [2.45, 2.75) is 64.1 Å². The van der Waals surface area contributed by atoms with Crippen LogP contribution in [-0.4, -0.2) is 31.3 Å². The van der Waals surface area contributed by atoms with Gasteiger partial charge in [0.2, 0.25) is 0 Å². The molecule has 2 saturated heterocycles. The van der Waals surface area contributed by atoms with Crippen molar-refractivity contribution in [3.8, 4) is 0 Å². The van der Waals surface area contributed by atoms with E-state index in [1.165, 1.54) is 25.7 Å². The second kappa shape index (κ2) is 3.53. The Morgan fingerprint density at radius 3 is 2.72 bits per heavy atom. The van der Waals surface area contributed by atoms with Gasteiger partial charge >= 0.3 is 7.12 Å². The Balaban J connectivity index is 1.57. The molecule has 5 atom stereocenters. The minimum absolute atomic E-state index is 0.00218. The molecule has 0 aromatic rings. The molecule has 2 heterocycles. The van der Waals surface area contributed by atoms with Crippen LogP contribution in [0.15, 0.2) is 0 Å². The molecule has 3 aliphatic carbocycles. The molecule has 2 aliphatic heterocycles. The molecule has 0 amide bonds. The lowest BCUT2D eigenvalue weighted by molar-refractivity contribution is -0.199. The first-order valence-corrected chi connectivity index (χ1v) is 7.58. The van der Waals surface area contributed by atoms with Crippen molar-refractivity contribution in [3.63, 3.8) is 0 Å². The molecule has 4 unspecified atom stereocenters. The molecule has 5 aliphatic rings. The van der Waals surface area contributed by atoms with E-state index in [0.29, 0.717) is 23.4 Å². The first kappa shape index (κ1) is 11.7. The van der Waals surface area contributed by atoms with E-state index in [4.69, 9.17) is 9.31 Å². The summed E-state index contributed by atoms with van der Waals surface area (Å²) < 4.78 is 12.7. The molecule has 100 valence electrons. The number of hydrogen-bond acceptors (Lipinski definition) is 3. The molecule has 0 aromatic carbocycles. The maximum absolute atomic E-state index is 6.44. The lowest BCUT2D eigenvalue weighted by Crippen LogP contribution is -2.65. The van der Waals surface area contributed by atoms with E-state index in [1.54, 1.807) is 0 Å². The van der Waals surface area contributed by atoms with E-state index in [0.717, 1.165) is 12.5 Å². The van der Waals surface area contributed by atoms with E-state index in [-0.39, 0.29) is 12.7 Å². The average molecular weight is 249 g/mol. The van der Waals surface area contributed by atoms with Crippen molar-refractivity contribution in [3.05, 3.63) is 0 Å². The van der Waals surface area contributed by atoms with Gasteiger partial charge in [0.25, 0.3) is 0 Å². The normalized spacial score (nSPS) is 53.2. The largest absolute Gasteiger partial charge is 0.475 e. The predicted molar refractivity (Wildman–Crippen MR) is 71.1 cm³/mol. The third kappa shape index (κ3) is 1.32. The molecule has 0 aromatic heterocycles. The second-order valence-electron chi connectivity index (χ2n) is 7.54. The van der Waals surface area contributed by atoms with Gasteiger partial charge in [0.15, 0.2) is 0 Å². The fraction of sp³-hybridized carbons (Fsp3) is 1.00. The van der Waals surface area contributed by atoms with Crippen LogP contribution in [0.4, 0.5) is 0 Å². The first-order valence-electron chi connectivity index (χ1n) is 7.58. The van der Waals surface area contributed by atoms with Gasteiger partial charge in [-0.05, 0) is 56.4 Å². The monoisotopic (exact) mass is 249 g/mol. The van der Waals surface area contributed by atoms with Crippen LogP contribution in [0, 0.1) is 17.3 Å². The van der Waals surface area contributed by atoms with Crippen LogP contribution in [-0.2, 0) is 9.31 Å². The maximum atomic E-state index is 6.44. The lowest BCUT2D eigenvalue weighted by atomic mass is 9.43. The Labute approximate surface area is 110 Å². The van der Waals surface area contributed by atoms with Gasteiger partial charge in [-0.25, -0.2) is 0 Å². The summed E-state index contributed by atoms with van der Waals surface area (Å²) in [6.07, 6.45) is 5.33. The van der Waals surface area contributed by atoms with E-state index in [9.17, 15) is 0 Å². The first-order chi connectivity index (χ1) is 8.52. The number of nitrogens with one attached hydrogen (secondary N) is 1. The van der Waals surface area contributed by atoms with Crippen LogP contribution in [0.25, 0.3) is 0 Å². The van der Waals surface area contributed by atoms with Crippen LogP contribution in [0.5, 0.6) is 0 Å². The van der Waals surface area contributed by atoms with Gasteiger partial charge in [0.1, 0.15) is 0 Å². The Morgan fingerprint density at radius 1 is 1.22 bits per heavy atom. The predicted octanol–water partition coefficient (Wildman–Crippen LogP) is 2.01. The third-order valence-corrected chi connectivity index (χ3v) is 6.40. The summed E-state index contributed by atoms with van der Waals surface area (Å²) in [6.45, 7) is 8.25. The molecule has 2 bridgehead atoms. The van der Waals surface area contributed by atoms with Crippen molar-refractivity contribution in [2.75, 3.05) is 6.54 Å². The van der Waals surface area contributed by atoms with Crippen LogP contribution in [0.3, 0.4) is 0 Å². The summed E-state index contributed by atoms with van der Waals surface area (Å²) in [5.41, 5.74) is 0.416. The molecular formula is C14H24BNO2. The quantitative estimate of drug-likeness (QED) is 0.721. The highest BCUT2D eigenvalue weighted by atomic mass is 16.7. The molecule has 0 radical (unpaired) electrons. The van der Waals surface area contributed by atoms with Crippen LogP contribution in [0.1, 0.15) is 46.5 Å². The average Bonchev–Trinajstić information content (AvgIpc) is 2.92. The fourth-order valence-electron chi connectivity index (χ4n) is 5.01. The highest BCUT2D eigenvalue weighted by Crippen LogP contribution is 2.65. The highest BCUT2D eigenvalue weighted by Gasteiger charge is 2.68. The molecule has 5 rings (SSSR count). The van der Waals surface area contributed by atoms with Crippen LogP contribution >= 0.6 is 0 Å². The van der Waals surface area contributed by atoms with Gasteiger partial charge in [-0.15, -0.1) is 0 Å². The Morgan fingerprint density at radius 2 is 2.06 bits per heavy atom. The standard InChI is InChI=1S/C14H24BNO2/c1-13(2)9-7-10(13)14(3)11(8-9)17-15(18-14)12-5-4-6-16-12/h9-12,16H,4-8H2,1-3H3/t9?,10?,11?,12?,14-/m0/s1. The molecule has 18 heavy (non-hydrogen) atoms. The van der Waals surface area contributed by atoms with Gasteiger partial charge < -0.3 is 14.6 Å². The second-order valence-corrected chi connectivity index (χ2v) is 7.54. The van der Waals surface area contributed by atoms with Gasteiger partial charge in [-0.3, -0.25) is 0 Å². The summed E-state index contributed by atoms with van der Waals surface area (Å²) in [6, 6.07) is 0. The summed E-state index contributed by atoms with van der Waals surface area (Å²) in [7, 11) is -0.00218. The van der Waals surface area contributed by atoms with Crippen molar-refractivity contribution in [1.82, 2.24) is 5.32 Å². The van der Waals surface area contributed by atoms with E-state index >= 15 is 0 Å². The molecule has 3 saturated carbocycles. The van der Waals surface area contributed by atoms with E-state index in [1.807, 2.05) is 0 Å². The smallest absolute Gasteiger partial charge is 0.404 e. The number of hydrogen-bond donors (Lipinski definition) is 1. The molecular weight excluding hydrogens is 225 g/mol. The summed E-state index contributed by atoms with van der Waals surface area (Å²) in [4.78, 5) is 0. The molecule has 1 N–H and O–H groups in total. The summed E-state index contributed by atoms with van der Waals surface area (Å²) in [5, 5.41) is 3.52. The topological polar surface area (TPSA) is 30.5 Å². The Hall–Kier alpha value is -0.0551. The van der Waals surface area contributed by atoms with E-state index < -0.39 is 0 Å². The Kier molecular flexibility index (Phi) is 2.30. The lowest BCUT2D eigenvalue weighted by Gasteiger charge is -2.64. The van der Waals surface area contributed by atoms with Gasteiger partial charge in [0, 0.05) is 5.94 Å². The SMILES string of the molecule is CC1(C)C2CC3OB(C4CCCN4)O[C@@]3(C)C1C2. The van der Waals surface area contributed by atoms with Crippen LogP contribution in [0.2, 0.25) is 0 Å². The van der Waals surface area contributed by atoms with Gasteiger partial charge in [-0.2, -0.15) is 0 Å². The zero-order chi connectivity index (χ0) is 12.5. The van der Waals surface area contributed by atoms with E-state index in [2.05, 4.69) is 26.1 Å². The zero-order valence-electron chi connectivity index (χ0n) is 11.7. The third-order valence-electron chi connectivity index (χ3n) is 6.40. The highest BCUT2D eigenvalue weighted by molar-refractivity contribution is 6.47. The molecule has 0 spiro atoms. The van der Waals surface area contributed by atoms with Gasteiger partial charge in [0.05, 0.1) is 11.7 Å². The molecule has 3 nitrogen and oxygen atoms in total. The van der Waals surface area contributed by atoms with Crippen molar-refractivity contribution in [1.29, 1.82) is 0 Å². The maximum Gasteiger partial charge on any atom is 0.475 e. The van der Waals surface area contributed by atoms with Crippen LogP contribution < -0.4 is 5.32 Å². The summed E-state index contributed by atoms with van der Waals surface area (Å²) >= 11 is 0. The fourth-order valence-corrected chi connectivity index (χ4v) is 5.01. The Bertz CT molecular complexity index is 369.